The molecule has 0 aliphatic rings. The number of carbonyl (C=O) groups excluding carboxylic acids is 1. The van der Waals surface area contributed by atoms with Gasteiger partial charge in [-0.3, -0.25) is 9.69 Å². The Morgan fingerprint density at radius 1 is 0.861 bits per heavy atom. The highest BCUT2D eigenvalue weighted by molar-refractivity contribution is 7.22. The second-order valence-corrected chi connectivity index (χ2v) is 9.52. The average Bonchev–Trinajstić information content (AvgIpc) is 3.27. The van der Waals surface area contributed by atoms with Gasteiger partial charge in [-0.15, -0.1) is 0 Å². The van der Waals surface area contributed by atoms with Crippen molar-refractivity contribution < 1.29 is 19.0 Å². The molecule has 0 unspecified atom stereocenters. The number of rotatable bonds is 13. The summed E-state index contributed by atoms with van der Waals surface area (Å²) in [7, 11) is 0. The van der Waals surface area contributed by atoms with Crippen molar-refractivity contribution in [3.05, 3.63) is 41.0 Å². The first-order valence-corrected chi connectivity index (χ1v) is 13.7. The maximum atomic E-state index is 14.1. The first-order valence-electron chi connectivity index (χ1n) is 12.8. The summed E-state index contributed by atoms with van der Waals surface area (Å²) in [5.74, 6) is 1.40. The van der Waals surface area contributed by atoms with E-state index in [0.717, 1.165) is 35.4 Å². The van der Waals surface area contributed by atoms with Crippen molar-refractivity contribution in [2.24, 2.45) is 0 Å². The Labute approximate surface area is 219 Å². The highest BCUT2D eigenvalue weighted by Gasteiger charge is 2.26. The SMILES string of the molecule is CCOc1cc(C(=O)N(CCN(CC)CC)c2nc3c(C)cc(C)cc3s2)cc(OCC)c1OCC. The minimum Gasteiger partial charge on any atom is -0.490 e. The van der Waals surface area contributed by atoms with Crippen LogP contribution in [0.3, 0.4) is 0 Å². The van der Waals surface area contributed by atoms with Gasteiger partial charge in [-0.1, -0.05) is 31.3 Å². The first kappa shape index (κ1) is 27.7. The fourth-order valence-corrected chi connectivity index (χ4v) is 5.37. The normalized spacial score (nSPS) is 11.2. The molecular formula is C28H39N3O4S. The summed E-state index contributed by atoms with van der Waals surface area (Å²) in [5.41, 5.74) is 3.72. The molecule has 7 nitrogen and oxygen atoms in total. The van der Waals surface area contributed by atoms with Crippen molar-refractivity contribution in [2.45, 2.75) is 48.5 Å². The smallest absolute Gasteiger partial charge is 0.260 e. The minimum absolute atomic E-state index is 0.138. The molecule has 3 aromatic rings. The van der Waals surface area contributed by atoms with Gasteiger partial charge in [0.1, 0.15) is 0 Å². The van der Waals surface area contributed by atoms with Gasteiger partial charge < -0.3 is 19.1 Å². The molecule has 0 spiro atoms. The van der Waals surface area contributed by atoms with E-state index in [4.69, 9.17) is 19.2 Å². The maximum absolute atomic E-state index is 14.1. The summed E-state index contributed by atoms with van der Waals surface area (Å²) in [4.78, 5) is 23.1. The summed E-state index contributed by atoms with van der Waals surface area (Å²) in [6, 6.07) is 7.77. The number of hydrogen-bond donors (Lipinski definition) is 0. The van der Waals surface area contributed by atoms with Gasteiger partial charge in [-0.05, 0) is 77.0 Å². The van der Waals surface area contributed by atoms with Gasteiger partial charge >= 0.3 is 0 Å². The van der Waals surface area contributed by atoms with Gasteiger partial charge in [-0.2, -0.15) is 0 Å². The monoisotopic (exact) mass is 513 g/mol. The number of carbonyl (C=O) groups is 1. The number of amides is 1. The number of aromatic nitrogens is 1. The predicted molar refractivity (Wildman–Crippen MR) is 149 cm³/mol. The molecule has 0 atom stereocenters. The number of anilines is 1. The molecule has 196 valence electrons. The number of ether oxygens (including phenoxy) is 3. The zero-order valence-corrected chi connectivity index (χ0v) is 23.5. The summed E-state index contributed by atoms with van der Waals surface area (Å²) >= 11 is 1.55. The van der Waals surface area contributed by atoms with E-state index in [0.29, 0.717) is 54.3 Å². The molecule has 0 bridgehead atoms. The van der Waals surface area contributed by atoms with Crippen LogP contribution in [-0.2, 0) is 0 Å². The van der Waals surface area contributed by atoms with E-state index in [2.05, 4.69) is 44.7 Å². The van der Waals surface area contributed by atoms with Crippen LogP contribution in [0, 0.1) is 13.8 Å². The van der Waals surface area contributed by atoms with Crippen molar-refractivity contribution in [1.82, 2.24) is 9.88 Å². The fraction of sp³-hybridized carbons (Fsp3) is 0.500. The number of aryl methyl sites for hydroxylation is 2. The number of likely N-dealkylation sites (N-methyl/N-ethyl adjacent to an activating group) is 1. The second kappa shape index (κ2) is 12.9. The topological polar surface area (TPSA) is 64.1 Å². The highest BCUT2D eigenvalue weighted by Crippen LogP contribution is 2.40. The van der Waals surface area contributed by atoms with Crippen LogP contribution in [0.15, 0.2) is 24.3 Å². The van der Waals surface area contributed by atoms with E-state index in [1.165, 1.54) is 5.56 Å². The Balaban J connectivity index is 2.10. The molecule has 1 heterocycles. The highest BCUT2D eigenvalue weighted by atomic mass is 32.1. The van der Waals surface area contributed by atoms with Gasteiger partial charge in [0.05, 0.1) is 30.0 Å². The lowest BCUT2D eigenvalue weighted by molar-refractivity contribution is 0.0982. The predicted octanol–water partition coefficient (Wildman–Crippen LogP) is 6.10. The molecule has 0 aliphatic carbocycles. The fourth-order valence-electron chi connectivity index (χ4n) is 4.21. The second-order valence-electron chi connectivity index (χ2n) is 8.51. The lowest BCUT2D eigenvalue weighted by Gasteiger charge is -2.25. The zero-order chi connectivity index (χ0) is 26.2. The van der Waals surface area contributed by atoms with Gasteiger partial charge in [0, 0.05) is 18.7 Å². The molecule has 0 saturated heterocycles. The summed E-state index contributed by atoms with van der Waals surface area (Å²) in [5, 5.41) is 0.695. The van der Waals surface area contributed by atoms with Crippen LogP contribution in [0.4, 0.5) is 5.13 Å². The Kier molecular flexibility index (Phi) is 9.96. The third kappa shape index (κ3) is 6.28. The largest absolute Gasteiger partial charge is 0.490 e. The van der Waals surface area contributed by atoms with Gasteiger partial charge in [0.15, 0.2) is 16.6 Å². The Morgan fingerprint density at radius 3 is 2.03 bits per heavy atom. The third-order valence-electron chi connectivity index (χ3n) is 5.98. The molecule has 2 aromatic carbocycles. The van der Waals surface area contributed by atoms with E-state index in [1.54, 1.807) is 28.4 Å². The third-order valence-corrected chi connectivity index (χ3v) is 7.01. The Bertz CT molecular complexity index is 1150. The molecule has 8 heteroatoms. The van der Waals surface area contributed by atoms with Crippen molar-refractivity contribution in [2.75, 3.05) is 50.9 Å². The summed E-state index contributed by atoms with van der Waals surface area (Å²) in [6.07, 6.45) is 0. The molecule has 3 rings (SSSR count). The quantitative estimate of drug-likeness (QED) is 0.275. The Hall–Kier alpha value is -2.84. The van der Waals surface area contributed by atoms with E-state index < -0.39 is 0 Å². The maximum Gasteiger partial charge on any atom is 0.260 e. The number of thiazole rings is 1. The van der Waals surface area contributed by atoms with E-state index >= 15 is 0 Å². The van der Waals surface area contributed by atoms with Crippen molar-refractivity contribution in [3.8, 4) is 17.2 Å². The van der Waals surface area contributed by atoms with Crippen molar-refractivity contribution in [3.63, 3.8) is 0 Å². The van der Waals surface area contributed by atoms with Gasteiger partial charge in [-0.25, -0.2) is 4.98 Å². The number of hydrogen-bond acceptors (Lipinski definition) is 7. The number of fused-ring (bicyclic) bond motifs is 1. The first-order chi connectivity index (χ1) is 17.4. The molecule has 0 fully saturated rings. The summed E-state index contributed by atoms with van der Waals surface area (Å²) in [6.45, 7) is 18.6. The van der Waals surface area contributed by atoms with Crippen LogP contribution in [0.5, 0.6) is 17.2 Å². The zero-order valence-electron chi connectivity index (χ0n) is 22.6. The molecule has 0 saturated carbocycles. The van der Waals surface area contributed by atoms with E-state index in [9.17, 15) is 4.79 Å². The van der Waals surface area contributed by atoms with Crippen LogP contribution in [0.25, 0.3) is 10.2 Å². The molecule has 0 aliphatic heterocycles. The number of benzene rings is 2. The summed E-state index contributed by atoms with van der Waals surface area (Å²) < 4.78 is 18.6. The van der Waals surface area contributed by atoms with Crippen molar-refractivity contribution >= 4 is 32.6 Å². The van der Waals surface area contributed by atoms with E-state index in [-0.39, 0.29) is 5.91 Å². The lowest BCUT2D eigenvalue weighted by atomic mass is 10.1. The van der Waals surface area contributed by atoms with Gasteiger partial charge in [0.2, 0.25) is 5.75 Å². The molecule has 0 N–H and O–H groups in total. The standard InChI is InChI=1S/C28H39N3O4S/c1-8-30(9-2)13-14-31(28-29-25-20(7)15-19(6)16-24(25)36-28)27(32)21-17-22(33-10-3)26(35-12-5)23(18-21)34-11-4/h15-18H,8-14H2,1-7H3. The molecule has 0 radical (unpaired) electrons. The lowest BCUT2D eigenvalue weighted by Crippen LogP contribution is -2.39. The average molecular weight is 514 g/mol. The number of nitrogens with zero attached hydrogens (tertiary/aromatic N) is 3. The van der Waals surface area contributed by atoms with Crippen LogP contribution in [0.1, 0.15) is 56.1 Å². The van der Waals surface area contributed by atoms with Crippen LogP contribution >= 0.6 is 11.3 Å². The van der Waals surface area contributed by atoms with Gasteiger partial charge in [0.25, 0.3) is 5.91 Å². The molecule has 36 heavy (non-hydrogen) atoms. The van der Waals surface area contributed by atoms with Crippen molar-refractivity contribution in [1.29, 1.82) is 0 Å². The van der Waals surface area contributed by atoms with Crippen LogP contribution < -0.4 is 19.1 Å². The molecule has 1 aromatic heterocycles. The Morgan fingerprint density at radius 2 is 1.47 bits per heavy atom. The molecular weight excluding hydrogens is 474 g/mol. The van der Waals surface area contributed by atoms with Crippen LogP contribution in [-0.4, -0.2) is 61.8 Å². The molecule has 1 amide bonds. The minimum atomic E-state index is -0.138. The van der Waals surface area contributed by atoms with Crippen LogP contribution in [0.2, 0.25) is 0 Å². The van der Waals surface area contributed by atoms with E-state index in [1.807, 2.05) is 20.8 Å².